The fourth-order valence-corrected chi connectivity index (χ4v) is 4.78. The van der Waals surface area contributed by atoms with Crippen LogP contribution in [0, 0.1) is 11.7 Å². The van der Waals surface area contributed by atoms with Crippen molar-refractivity contribution in [3.63, 3.8) is 0 Å². The molecule has 144 valence electrons. The van der Waals surface area contributed by atoms with E-state index in [1.165, 1.54) is 17.4 Å². The summed E-state index contributed by atoms with van der Waals surface area (Å²) in [5.74, 6) is -0.235. The monoisotopic (exact) mass is 414 g/mol. The number of carbonyl (C=O) groups excluding carboxylic acids is 1. The van der Waals surface area contributed by atoms with Gasteiger partial charge in [0, 0.05) is 34.3 Å². The molecule has 3 aromatic rings. The molecule has 6 heteroatoms. The number of fused-ring (bicyclic) bond motifs is 1. The number of halogens is 2. The first kappa shape index (κ1) is 19.1. The molecule has 0 aliphatic carbocycles. The van der Waals surface area contributed by atoms with Crippen molar-refractivity contribution >= 4 is 28.8 Å². The maximum Gasteiger partial charge on any atom is 0.226 e. The van der Waals surface area contributed by atoms with Crippen molar-refractivity contribution in [2.45, 2.75) is 26.3 Å². The molecule has 0 saturated heterocycles. The van der Waals surface area contributed by atoms with Crippen LogP contribution in [0.1, 0.15) is 23.1 Å². The fraction of sp³-hybridized carbons (Fsp3) is 0.273. The van der Waals surface area contributed by atoms with Crippen molar-refractivity contribution in [1.29, 1.82) is 0 Å². The summed E-state index contributed by atoms with van der Waals surface area (Å²) in [5, 5.41) is 1.38. The Balaban J connectivity index is 1.46. The average molecular weight is 415 g/mol. The smallest absolute Gasteiger partial charge is 0.226 e. The lowest BCUT2D eigenvalue weighted by atomic mass is 9.99. The van der Waals surface area contributed by atoms with Crippen molar-refractivity contribution in [2.24, 2.45) is 5.92 Å². The van der Waals surface area contributed by atoms with Crippen LogP contribution in [0.2, 0.25) is 5.02 Å². The molecule has 0 saturated carbocycles. The first-order valence-corrected chi connectivity index (χ1v) is 10.5. The molecule has 1 atom stereocenters. The largest absolute Gasteiger partial charge is 0.337 e. The van der Waals surface area contributed by atoms with Gasteiger partial charge >= 0.3 is 0 Å². The lowest BCUT2D eigenvalue weighted by Crippen LogP contribution is -2.39. The van der Waals surface area contributed by atoms with Crippen molar-refractivity contribution in [3.8, 4) is 10.6 Å². The van der Waals surface area contributed by atoms with Gasteiger partial charge in [0.05, 0.1) is 12.2 Å². The Kier molecular flexibility index (Phi) is 5.47. The molecule has 0 N–H and O–H groups in total. The van der Waals surface area contributed by atoms with Crippen molar-refractivity contribution in [1.82, 2.24) is 9.88 Å². The summed E-state index contributed by atoms with van der Waals surface area (Å²) < 4.78 is 14.1. The molecule has 0 spiro atoms. The zero-order chi connectivity index (χ0) is 19.7. The van der Waals surface area contributed by atoms with E-state index in [4.69, 9.17) is 11.6 Å². The van der Waals surface area contributed by atoms with E-state index in [0.29, 0.717) is 41.5 Å². The molecule has 0 fully saturated rings. The van der Waals surface area contributed by atoms with Gasteiger partial charge in [-0.3, -0.25) is 4.79 Å². The topological polar surface area (TPSA) is 33.2 Å². The fourth-order valence-electron chi connectivity index (χ4n) is 3.51. The number of amides is 1. The van der Waals surface area contributed by atoms with E-state index in [9.17, 15) is 9.18 Å². The predicted octanol–water partition coefficient (Wildman–Crippen LogP) is 5.37. The Morgan fingerprint density at radius 2 is 2.00 bits per heavy atom. The molecule has 1 aromatic heterocycles. The third-order valence-corrected chi connectivity index (χ3v) is 6.39. The van der Waals surface area contributed by atoms with Gasteiger partial charge in [0.1, 0.15) is 10.8 Å². The lowest BCUT2D eigenvalue weighted by molar-refractivity contribution is -0.135. The minimum atomic E-state index is -0.266. The van der Waals surface area contributed by atoms with Gasteiger partial charge in [-0.25, -0.2) is 9.37 Å². The minimum Gasteiger partial charge on any atom is -0.337 e. The molecule has 0 radical (unpaired) electrons. The van der Waals surface area contributed by atoms with Crippen molar-refractivity contribution in [2.75, 3.05) is 6.54 Å². The Hall–Kier alpha value is -2.24. The van der Waals surface area contributed by atoms with Gasteiger partial charge < -0.3 is 4.90 Å². The van der Waals surface area contributed by atoms with Gasteiger partial charge in [-0.05, 0) is 36.2 Å². The highest BCUT2D eigenvalue weighted by Crippen LogP contribution is 2.33. The summed E-state index contributed by atoms with van der Waals surface area (Å²) in [6.07, 6.45) is 1.39. The van der Waals surface area contributed by atoms with Gasteiger partial charge in [-0.2, -0.15) is 0 Å². The average Bonchev–Trinajstić information content (AvgIpc) is 3.12. The highest BCUT2D eigenvalue weighted by atomic mass is 35.5. The summed E-state index contributed by atoms with van der Waals surface area (Å²) in [6, 6.07) is 14.3. The van der Waals surface area contributed by atoms with Crippen LogP contribution in [0.4, 0.5) is 4.39 Å². The first-order chi connectivity index (χ1) is 13.5. The molecule has 2 aromatic carbocycles. The number of nitrogens with zero attached hydrogens (tertiary/aromatic N) is 2. The Bertz CT molecular complexity index is 1000. The van der Waals surface area contributed by atoms with Gasteiger partial charge in [0.25, 0.3) is 0 Å². The van der Waals surface area contributed by atoms with Crippen molar-refractivity contribution in [3.05, 3.63) is 75.5 Å². The van der Waals surface area contributed by atoms with Gasteiger partial charge in [-0.15, -0.1) is 11.3 Å². The molecule has 0 bridgehead atoms. The molecule has 28 heavy (non-hydrogen) atoms. The van der Waals surface area contributed by atoms with Crippen LogP contribution in [0.5, 0.6) is 0 Å². The molecule has 1 aliphatic rings. The highest BCUT2D eigenvalue weighted by molar-refractivity contribution is 7.15. The molecule has 1 amide bonds. The number of benzene rings is 2. The highest BCUT2D eigenvalue weighted by Gasteiger charge is 2.27. The van der Waals surface area contributed by atoms with Crippen LogP contribution in [0.15, 0.2) is 48.5 Å². The molecular formula is C22H20ClFN2OS. The summed E-state index contributed by atoms with van der Waals surface area (Å²) in [7, 11) is 0. The quantitative estimate of drug-likeness (QED) is 0.575. The second-order valence-electron chi connectivity index (χ2n) is 7.11. The Morgan fingerprint density at radius 1 is 1.25 bits per heavy atom. The van der Waals surface area contributed by atoms with E-state index in [0.717, 1.165) is 16.1 Å². The third kappa shape index (κ3) is 3.96. The van der Waals surface area contributed by atoms with Crippen LogP contribution in [-0.4, -0.2) is 22.3 Å². The second-order valence-corrected chi connectivity index (χ2v) is 8.63. The predicted molar refractivity (Wildman–Crippen MR) is 111 cm³/mol. The molecule has 3 nitrogen and oxygen atoms in total. The standard InChI is InChI=1S/C22H20ClFN2OS/c1-14(12-15-6-8-16(23)9-7-15)22(27)26-11-10-19-20(13-26)28-21(25-19)17-4-2-3-5-18(17)24/h2-9,14H,10-13H2,1H3/t14-/m1/s1. The van der Waals surface area contributed by atoms with Crippen LogP contribution in [0.25, 0.3) is 10.6 Å². The number of rotatable bonds is 4. The molecule has 0 unspecified atom stereocenters. The maximum absolute atomic E-state index is 14.1. The van der Waals surface area contributed by atoms with Crippen LogP contribution < -0.4 is 0 Å². The Labute approximate surface area is 172 Å². The number of aromatic nitrogens is 1. The number of hydrogen-bond acceptors (Lipinski definition) is 3. The summed E-state index contributed by atoms with van der Waals surface area (Å²) in [6.45, 7) is 3.16. The summed E-state index contributed by atoms with van der Waals surface area (Å²) in [5.41, 5.74) is 2.61. The minimum absolute atomic E-state index is 0.110. The summed E-state index contributed by atoms with van der Waals surface area (Å²) in [4.78, 5) is 20.5. The van der Waals surface area contributed by atoms with E-state index in [1.54, 1.807) is 12.1 Å². The van der Waals surface area contributed by atoms with Crippen molar-refractivity contribution < 1.29 is 9.18 Å². The number of hydrogen-bond donors (Lipinski definition) is 0. The zero-order valence-corrected chi connectivity index (χ0v) is 17.1. The van der Waals surface area contributed by atoms with E-state index >= 15 is 0 Å². The lowest BCUT2D eigenvalue weighted by Gasteiger charge is -2.28. The van der Waals surface area contributed by atoms with E-state index in [2.05, 4.69) is 4.98 Å². The molecule has 4 rings (SSSR count). The van der Waals surface area contributed by atoms with E-state index in [1.807, 2.05) is 42.2 Å². The third-order valence-electron chi connectivity index (χ3n) is 5.02. The maximum atomic E-state index is 14.1. The molecule has 2 heterocycles. The normalized spacial score (nSPS) is 14.6. The van der Waals surface area contributed by atoms with Crippen LogP contribution in [-0.2, 0) is 24.2 Å². The Morgan fingerprint density at radius 3 is 2.75 bits per heavy atom. The summed E-state index contributed by atoms with van der Waals surface area (Å²) >= 11 is 7.41. The SMILES string of the molecule is C[C@H](Cc1ccc(Cl)cc1)C(=O)N1CCc2nc(-c3ccccc3F)sc2C1. The van der Waals surface area contributed by atoms with E-state index < -0.39 is 0 Å². The van der Waals surface area contributed by atoms with Crippen LogP contribution in [0.3, 0.4) is 0 Å². The first-order valence-electron chi connectivity index (χ1n) is 9.28. The van der Waals surface area contributed by atoms with E-state index in [-0.39, 0.29) is 17.6 Å². The van der Waals surface area contributed by atoms with Gasteiger partial charge in [-0.1, -0.05) is 42.8 Å². The molecular weight excluding hydrogens is 395 g/mol. The zero-order valence-electron chi connectivity index (χ0n) is 15.5. The molecule has 1 aliphatic heterocycles. The number of carbonyl (C=O) groups is 1. The second kappa shape index (κ2) is 8.02. The van der Waals surface area contributed by atoms with Gasteiger partial charge in [0.2, 0.25) is 5.91 Å². The van der Waals surface area contributed by atoms with Crippen LogP contribution >= 0.6 is 22.9 Å². The number of thiazole rings is 1. The van der Waals surface area contributed by atoms with Gasteiger partial charge in [0.15, 0.2) is 0 Å².